The normalized spacial score (nSPS) is 12.7. The smallest absolute Gasteiger partial charge is 0.261 e. The third kappa shape index (κ3) is 3.42. The summed E-state index contributed by atoms with van der Waals surface area (Å²) in [6.45, 7) is 0.814. The summed E-state index contributed by atoms with van der Waals surface area (Å²) < 4.78 is 2.05. The summed E-state index contributed by atoms with van der Waals surface area (Å²) in [7, 11) is 0. The van der Waals surface area contributed by atoms with Gasteiger partial charge in [-0.1, -0.05) is 54.2 Å². The van der Waals surface area contributed by atoms with Crippen LogP contribution in [0.25, 0.3) is 10.9 Å². The van der Waals surface area contributed by atoms with Crippen molar-refractivity contribution in [3.05, 3.63) is 100 Å². The monoisotopic (exact) mass is 412 g/mol. The van der Waals surface area contributed by atoms with Crippen LogP contribution in [-0.4, -0.2) is 10.5 Å². The predicted molar refractivity (Wildman–Crippen MR) is 121 cm³/mol. The third-order valence-corrected chi connectivity index (χ3v) is 6.46. The molecule has 5 rings (SSSR count). The molecule has 0 saturated heterocycles. The second-order valence-electron chi connectivity index (χ2n) is 7.35. The summed E-state index contributed by atoms with van der Waals surface area (Å²) in [5.41, 5.74) is 2.80. The molecular formula is C25H20N2O2S. The Morgan fingerprint density at radius 3 is 2.60 bits per heavy atom. The van der Waals surface area contributed by atoms with E-state index in [0.717, 1.165) is 34.7 Å². The molecule has 0 saturated carbocycles. The van der Waals surface area contributed by atoms with Crippen LogP contribution in [0.15, 0.2) is 93.6 Å². The zero-order valence-corrected chi connectivity index (χ0v) is 17.1. The average Bonchev–Trinajstić information content (AvgIpc) is 2.78. The minimum Gasteiger partial charge on any atom is -0.346 e. The van der Waals surface area contributed by atoms with Crippen LogP contribution in [0.2, 0.25) is 0 Å². The Balaban J connectivity index is 1.51. The van der Waals surface area contributed by atoms with Crippen molar-refractivity contribution in [2.75, 3.05) is 5.32 Å². The fraction of sp³-hybridized carbons (Fsp3) is 0.120. The van der Waals surface area contributed by atoms with E-state index < -0.39 is 0 Å². The van der Waals surface area contributed by atoms with Gasteiger partial charge in [-0.2, -0.15) is 0 Å². The number of para-hydroxylation sites is 2. The van der Waals surface area contributed by atoms with E-state index in [4.69, 9.17) is 0 Å². The van der Waals surface area contributed by atoms with Crippen molar-refractivity contribution < 1.29 is 4.79 Å². The number of hydrogen-bond donors (Lipinski definition) is 1. The Hall–Kier alpha value is -3.31. The van der Waals surface area contributed by atoms with Gasteiger partial charge in [0.25, 0.3) is 5.91 Å². The molecule has 5 heteroatoms. The fourth-order valence-electron chi connectivity index (χ4n) is 3.98. The molecule has 148 valence electrons. The van der Waals surface area contributed by atoms with Gasteiger partial charge in [0.15, 0.2) is 0 Å². The van der Waals surface area contributed by atoms with Crippen molar-refractivity contribution >= 4 is 34.3 Å². The number of nitrogens with one attached hydrogen (secondary N) is 1. The number of aromatic nitrogens is 1. The van der Waals surface area contributed by atoms with Gasteiger partial charge in [-0.25, -0.2) is 0 Å². The number of anilines is 1. The van der Waals surface area contributed by atoms with E-state index in [1.54, 1.807) is 18.0 Å². The molecule has 1 aliphatic heterocycles. The summed E-state index contributed by atoms with van der Waals surface area (Å²) in [5.74, 6) is -0.372. The molecule has 1 aromatic heterocycles. The summed E-state index contributed by atoms with van der Waals surface area (Å²) in [6.07, 6.45) is 3.69. The molecule has 30 heavy (non-hydrogen) atoms. The largest absolute Gasteiger partial charge is 0.346 e. The average molecular weight is 413 g/mol. The first kappa shape index (κ1) is 18.7. The van der Waals surface area contributed by atoms with Crippen molar-refractivity contribution in [1.29, 1.82) is 0 Å². The van der Waals surface area contributed by atoms with E-state index in [2.05, 4.69) is 16.0 Å². The standard InChI is InChI=1S/C25H20N2O2S/c28-24-19-12-6-8-17-9-7-15-27(23(17)19)16-20(24)25(29)26-21-13-4-5-14-22(21)30-18-10-2-1-3-11-18/h1-6,8,10-14,16H,7,9,15H2,(H,26,29). The molecule has 0 aliphatic carbocycles. The second kappa shape index (κ2) is 7.84. The van der Waals surface area contributed by atoms with Crippen molar-refractivity contribution in [2.24, 2.45) is 0 Å². The van der Waals surface area contributed by atoms with Gasteiger partial charge in [-0.3, -0.25) is 9.59 Å². The van der Waals surface area contributed by atoms with E-state index in [1.165, 1.54) is 5.56 Å². The molecule has 0 atom stereocenters. The first-order valence-corrected chi connectivity index (χ1v) is 10.8. The van der Waals surface area contributed by atoms with Crippen LogP contribution in [0.3, 0.4) is 0 Å². The topological polar surface area (TPSA) is 51.1 Å². The zero-order chi connectivity index (χ0) is 20.5. The predicted octanol–water partition coefficient (Wildman–Crippen LogP) is 5.35. The highest BCUT2D eigenvalue weighted by Crippen LogP contribution is 2.33. The third-order valence-electron chi connectivity index (χ3n) is 5.38. The Morgan fingerprint density at radius 1 is 0.933 bits per heavy atom. The van der Waals surface area contributed by atoms with Gasteiger partial charge in [0.05, 0.1) is 11.2 Å². The number of amides is 1. The van der Waals surface area contributed by atoms with Crippen molar-refractivity contribution in [3.63, 3.8) is 0 Å². The Bertz CT molecular complexity index is 1310. The summed E-state index contributed by atoms with van der Waals surface area (Å²) in [5, 5.41) is 3.58. The number of hydrogen-bond acceptors (Lipinski definition) is 3. The lowest BCUT2D eigenvalue weighted by atomic mass is 10.00. The molecule has 4 aromatic rings. The number of rotatable bonds is 4. The van der Waals surface area contributed by atoms with E-state index in [9.17, 15) is 9.59 Å². The lowest BCUT2D eigenvalue weighted by Crippen LogP contribution is -2.25. The molecule has 3 aromatic carbocycles. The molecular weight excluding hydrogens is 392 g/mol. The number of benzene rings is 3. The van der Waals surface area contributed by atoms with Gasteiger partial charge >= 0.3 is 0 Å². The van der Waals surface area contributed by atoms with Gasteiger partial charge < -0.3 is 9.88 Å². The zero-order valence-electron chi connectivity index (χ0n) is 16.3. The number of aryl methyl sites for hydroxylation is 2. The van der Waals surface area contributed by atoms with E-state index >= 15 is 0 Å². The lowest BCUT2D eigenvalue weighted by molar-refractivity contribution is 0.102. The maximum atomic E-state index is 13.1. The fourth-order valence-corrected chi connectivity index (χ4v) is 4.90. The van der Waals surface area contributed by atoms with Crippen molar-refractivity contribution in [2.45, 2.75) is 29.2 Å². The molecule has 0 radical (unpaired) electrons. The summed E-state index contributed by atoms with van der Waals surface area (Å²) in [4.78, 5) is 28.2. The highest BCUT2D eigenvalue weighted by atomic mass is 32.2. The minimum absolute atomic E-state index is 0.182. The molecule has 0 fully saturated rings. The SMILES string of the molecule is O=C(Nc1ccccc1Sc1ccccc1)c1cn2c3c(cccc3c1=O)CCC2. The van der Waals surface area contributed by atoms with Gasteiger partial charge in [0, 0.05) is 27.9 Å². The first-order valence-electron chi connectivity index (χ1n) is 9.99. The van der Waals surface area contributed by atoms with Gasteiger partial charge in [-0.15, -0.1) is 0 Å². The molecule has 4 nitrogen and oxygen atoms in total. The van der Waals surface area contributed by atoms with Crippen LogP contribution in [0.5, 0.6) is 0 Å². The maximum absolute atomic E-state index is 13.1. The van der Waals surface area contributed by atoms with Crippen LogP contribution in [-0.2, 0) is 13.0 Å². The van der Waals surface area contributed by atoms with E-state index in [-0.39, 0.29) is 16.9 Å². The lowest BCUT2D eigenvalue weighted by Gasteiger charge is -2.20. The van der Waals surface area contributed by atoms with Crippen molar-refractivity contribution in [1.82, 2.24) is 4.57 Å². The number of carbonyl (C=O) groups is 1. The summed E-state index contributed by atoms with van der Waals surface area (Å²) >= 11 is 1.58. The van der Waals surface area contributed by atoms with Crippen molar-refractivity contribution in [3.8, 4) is 0 Å². The van der Waals surface area contributed by atoms with Crippen LogP contribution in [0.4, 0.5) is 5.69 Å². The number of pyridine rings is 1. The van der Waals surface area contributed by atoms with Gasteiger partial charge in [0.1, 0.15) is 5.56 Å². The highest BCUT2D eigenvalue weighted by Gasteiger charge is 2.20. The molecule has 1 amide bonds. The summed E-state index contributed by atoms with van der Waals surface area (Å²) in [6, 6.07) is 23.4. The molecule has 0 unspecified atom stereocenters. The quantitative estimate of drug-likeness (QED) is 0.491. The van der Waals surface area contributed by atoms with Gasteiger partial charge in [-0.05, 0) is 48.7 Å². The minimum atomic E-state index is -0.372. The van der Waals surface area contributed by atoms with Gasteiger partial charge in [0.2, 0.25) is 5.43 Å². The Kier molecular flexibility index (Phi) is 4.89. The first-order chi connectivity index (χ1) is 14.7. The second-order valence-corrected chi connectivity index (χ2v) is 8.46. The molecule has 0 bridgehead atoms. The Labute approximate surface area is 178 Å². The number of nitrogens with zero attached hydrogens (tertiary/aromatic N) is 1. The molecule has 1 N–H and O–H groups in total. The Morgan fingerprint density at radius 2 is 1.73 bits per heavy atom. The highest BCUT2D eigenvalue weighted by molar-refractivity contribution is 7.99. The van der Waals surface area contributed by atoms with E-state index in [0.29, 0.717) is 11.1 Å². The maximum Gasteiger partial charge on any atom is 0.261 e. The number of carbonyl (C=O) groups excluding carboxylic acids is 1. The molecule has 0 spiro atoms. The van der Waals surface area contributed by atoms with Crippen LogP contribution < -0.4 is 10.7 Å². The van der Waals surface area contributed by atoms with Crippen LogP contribution in [0.1, 0.15) is 22.3 Å². The van der Waals surface area contributed by atoms with Crippen LogP contribution >= 0.6 is 11.8 Å². The van der Waals surface area contributed by atoms with Crippen LogP contribution in [0, 0.1) is 0 Å². The molecule has 2 heterocycles. The van der Waals surface area contributed by atoms with E-state index in [1.807, 2.05) is 66.7 Å². The molecule has 1 aliphatic rings.